The Hall–Kier alpha value is -3.88. The first-order chi connectivity index (χ1) is 17.8. The molecule has 0 spiro atoms. The van der Waals surface area contributed by atoms with Gasteiger partial charge in [-0.15, -0.1) is 0 Å². The van der Waals surface area contributed by atoms with E-state index < -0.39 is 29.5 Å². The summed E-state index contributed by atoms with van der Waals surface area (Å²) in [6.07, 6.45) is 2.19. The van der Waals surface area contributed by atoms with Crippen LogP contribution in [0.4, 0.5) is 5.69 Å². The smallest absolute Gasteiger partial charge is 0.338 e. The number of anilines is 1. The van der Waals surface area contributed by atoms with Crippen LogP contribution in [0.25, 0.3) is 5.76 Å². The summed E-state index contributed by atoms with van der Waals surface area (Å²) in [5.41, 5.74) is 0.780. The number of benzene rings is 2. The van der Waals surface area contributed by atoms with Gasteiger partial charge < -0.3 is 14.6 Å². The average molecular weight is 541 g/mol. The molecule has 0 saturated carbocycles. The van der Waals surface area contributed by atoms with E-state index in [1.54, 1.807) is 18.2 Å². The monoisotopic (exact) mass is 540 g/mol. The molecule has 8 nitrogen and oxygen atoms in total. The molecule has 1 saturated heterocycles. The van der Waals surface area contributed by atoms with Gasteiger partial charge in [-0.05, 0) is 55.0 Å². The number of methoxy groups -OCH3 is 1. The van der Waals surface area contributed by atoms with E-state index in [-0.39, 0.29) is 33.5 Å². The van der Waals surface area contributed by atoms with Gasteiger partial charge in [0, 0.05) is 16.9 Å². The van der Waals surface area contributed by atoms with Crippen molar-refractivity contribution < 1.29 is 29.0 Å². The molecule has 1 aliphatic heterocycles. The van der Waals surface area contributed by atoms with Gasteiger partial charge in [0.2, 0.25) is 0 Å². The van der Waals surface area contributed by atoms with Gasteiger partial charge in [0.15, 0.2) is 0 Å². The minimum absolute atomic E-state index is 0.0490. The van der Waals surface area contributed by atoms with E-state index in [1.807, 2.05) is 6.92 Å². The number of aromatic nitrogens is 1. The highest BCUT2D eigenvalue weighted by Crippen LogP contribution is 2.44. The number of carbonyl (C=O) groups is 3. The Balaban J connectivity index is 1.87. The van der Waals surface area contributed by atoms with E-state index in [0.29, 0.717) is 23.4 Å². The van der Waals surface area contributed by atoms with Crippen LogP contribution in [-0.2, 0) is 14.3 Å². The van der Waals surface area contributed by atoms with Gasteiger partial charge in [-0.3, -0.25) is 19.5 Å². The van der Waals surface area contributed by atoms with Crippen molar-refractivity contribution in [3.05, 3.63) is 93.2 Å². The summed E-state index contributed by atoms with van der Waals surface area (Å²) in [5.74, 6) is -2.74. The molecule has 1 fully saturated rings. The number of ether oxygens (including phenoxy) is 2. The van der Waals surface area contributed by atoms with Gasteiger partial charge in [0.05, 0.1) is 41.1 Å². The predicted molar refractivity (Wildman–Crippen MR) is 139 cm³/mol. The van der Waals surface area contributed by atoms with Crippen molar-refractivity contribution in [1.29, 1.82) is 0 Å². The second-order valence-corrected chi connectivity index (χ2v) is 8.92. The molecule has 0 aliphatic carbocycles. The predicted octanol–water partition coefficient (Wildman–Crippen LogP) is 5.59. The van der Waals surface area contributed by atoms with Crippen LogP contribution in [0.5, 0.6) is 5.75 Å². The zero-order valence-corrected chi connectivity index (χ0v) is 21.4. The molecule has 190 valence electrons. The van der Waals surface area contributed by atoms with E-state index in [1.165, 1.54) is 54.6 Å². The molecule has 4 rings (SSSR count). The maximum Gasteiger partial charge on any atom is 0.338 e. The molecule has 1 aliphatic rings. The summed E-state index contributed by atoms with van der Waals surface area (Å²) >= 11 is 12.4. The number of aliphatic hydroxyl groups excluding tert-OH is 1. The molecule has 1 amide bonds. The molecule has 10 heteroatoms. The summed E-state index contributed by atoms with van der Waals surface area (Å²) in [5, 5.41) is 11.7. The molecular formula is C27H22Cl2N2O6. The normalized spacial score (nSPS) is 16.6. The molecule has 1 N–H and O–H groups in total. The van der Waals surface area contributed by atoms with Crippen LogP contribution in [0.3, 0.4) is 0 Å². The zero-order valence-electron chi connectivity index (χ0n) is 19.9. The molecule has 37 heavy (non-hydrogen) atoms. The van der Waals surface area contributed by atoms with E-state index >= 15 is 0 Å². The first-order valence-electron chi connectivity index (χ1n) is 11.3. The Kier molecular flexibility index (Phi) is 7.80. The van der Waals surface area contributed by atoms with Crippen molar-refractivity contribution in [1.82, 2.24) is 4.98 Å². The minimum atomic E-state index is -1.08. The fourth-order valence-electron chi connectivity index (χ4n) is 4.04. The number of Topliss-reactive ketones (excluding diaryl/α,β-unsaturated/α-hetero) is 1. The average Bonchev–Trinajstić information content (AvgIpc) is 3.17. The van der Waals surface area contributed by atoms with Crippen molar-refractivity contribution in [3.63, 3.8) is 0 Å². The number of esters is 1. The Labute approximate surface area is 223 Å². The molecule has 3 aromatic rings. The lowest BCUT2D eigenvalue weighted by Crippen LogP contribution is -2.29. The lowest BCUT2D eigenvalue weighted by Gasteiger charge is -2.25. The summed E-state index contributed by atoms with van der Waals surface area (Å²) in [6, 6.07) is 12.8. The third-order valence-electron chi connectivity index (χ3n) is 5.70. The highest BCUT2D eigenvalue weighted by molar-refractivity contribution is 6.51. The third kappa shape index (κ3) is 5.03. The van der Waals surface area contributed by atoms with E-state index in [2.05, 4.69) is 4.98 Å². The Morgan fingerprint density at radius 3 is 2.46 bits per heavy atom. The molecule has 0 bridgehead atoms. The fourth-order valence-corrected chi connectivity index (χ4v) is 4.61. The number of ketones is 1. The summed E-state index contributed by atoms with van der Waals surface area (Å²) < 4.78 is 10.5. The van der Waals surface area contributed by atoms with Gasteiger partial charge in [-0.1, -0.05) is 36.2 Å². The highest BCUT2D eigenvalue weighted by atomic mass is 35.5. The SMILES string of the molecule is CCCOC(=O)c1ccc(N2C(=O)C(=O)/C(=C(/O)c3cc(Cl)cc(Cl)c3OC)C2c2ccccn2)cc1. The molecule has 1 atom stereocenters. The van der Waals surface area contributed by atoms with Gasteiger partial charge in [0.25, 0.3) is 11.7 Å². The van der Waals surface area contributed by atoms with E-state index in [4.69, 9.17) is 32.7 Å². The summed E-state index contributed by atoms with van der Waals surface area (Å²) in [4.78, 5) is 44.4. The number of amides is 1. The van der Waals surface area contributed by atoms with Crippen molar-refractivity contribution in [3.8, 4) is 5.75 Å². The minimum Gasteiger partial charge on any atom is -0.507 e. The standard InChI is InChI=1S/C27H22Cl2N2O6/c1-3-12-37-27(35)15-7-9-17(10-8-15)31-22(20-6-4-5-11-30-20)21(24(33)26(31)34)23(32)18-13-16(28)14-19(29)25(18)36-2/h4-11,13-14,22,32H,3,12H2,1-2H3/b23-21+. The Morgan fingerprint density at radius 2 is 1.84 bits per heavy atom. The molecule has 0 radical (unpaired) electrons. The zero-order chi connectivity index (χ0) is 26.7. The molecule has 1 unspecified atom stereocenters. The summed E-state index contributed by atoms with van der Waals surface area (Å²) in [7, 11) is 1.35. The first-order valence-corrected chi connectivity index (χ1v) is 12.1. The number of nitrogens with zero attached hydrogens (tertiary/aromatic N) is 2. The number of pyridine rings is 1. The van der Waals surface area contributed by atoms with Crippen LogP contribution >= 0.6 is 23.2 Å². The largest absolute Gasteiger partial charge is 0.507 e. The van der Waals surface area contributed by atoms with Crippen LogP contribution in [0.2, 0.25) is 10.0 Å². The first kappa shape index (κ1) is 26.2. The maximum absolute atomic E-state index is 13.3. The number of hydrogen-bond acceptors (Lipinski definition) is 7. The number of rotatable bonds is 7. The van der Waals surface area contributed by atoms with Crippen LogP contribution in [0, 0.1) is 0 Å². The van der Waals surface area contributed by atoms with Crippen molar-refractivity contribution in [2.75, 3.05) is 18.6 Å². The second-order valence-electron chi connectivity index (χ2n) is 8.07. The quantitative estimate of drug-likeness (QED) is 0.180. The van der Waals surface area contributed by atoms with Crippen LogP contribution in [-0.4, -0.2) is 41.5 Å². The van der Waals surface area contributed by atoms with Crippen LogP contribution < -0.4 is 9.64 Å². The number of carbonyl (C=O) groups excluding carboxylic acids is 3. The topological polar surface area (TPSA) is 106 Å². The van der Waals surface area contributed by atoms with E-state index in [9.17, 15) is 19.5 Å². The summed E-state index contributed by atoms with van der Waals surface area (Å²) in [6.45, 7) is 2.17. The van der Waals surface area contributed by atoms with Crippen LogP contribution in [0.15, 0.2) is 66.4 Å². The molecular weight excluding hydrogens is 519 g/mol. The Bertz CT molecular complexity index is 1390. The van der Waals surface area contributed by atoms with Gasteiger partial charge >= 0.3 is 5.97 Å². The lowest BCUT2D eigenvalue weighted by molar-refractivity contribution is -0.132. The Morgan fingerprint density at radius 1 is 1.11 bits per heavy atom. The lowest BCUT2D eigenvalue weighted by atomic mass is 9.97. The number of halogens is 2. The van der Waals surface area contributed by atoms with E-state index in [0.717, 1.165) is 0 Å². The van der Waals surface area contributed by atoms with Crippen LogP contribution in [0.1, 0.15) is 41.0 Å². The third-order valence-corrected chi connectivity index (χ3v) is 6.20. The van der Waals surface area contributed by atoms with Crippen molar-refractivity contribution in [2.45, 2.75) is 19.4 Å². The van der Waals surface area contributed by atoms with Gasteiger partial charge in [-0.2, -0.15) is 0 Å². The number of hydrogen-bond donors (Lipinski definition) is 1. The second kappa shape index (κ2) is 11.0. The van der Waals surface area contributed by atoms with Crippen molar-refractivity contribution in [2.24, 2.45) is 0 Å². The van der Waals surface area contributed by atoms with Gasteiger partial charge in [-0.25, -0.2) is 4.79 Å². The van der Waals surface area contributed by atoms with Gasteiger partial charge in [0.1, 0.15) is 17.6 Å². The molecule has 2 aromatic carbocycles. The molecule has 2 heterocycles. The maximum atomic E-state index is 13.3. The number of aliphatic hydroxyl groups is 1. The van der Waals surface area contributed by atoms with Crippen molar-refractivity contribution >= 4 is 52.3 Å². The fraction of sp³-hybridized carbons (Fsp3) is 0.185. The highest BCUT2D eigenvalue weighted by Gasteiger charge is 2.48. The molecule has 1 aromatic heterocycles.